The molecule has 2 aromatic heterocycles. The minimum Gasteiger partial charge on any atom is -0.542 e. The molecule has 0 spiro atoms. The van der Waals surface area contributed by atoms with Crippen LogP contribution >= 0.6 is 11.6 Å². The Morgan fingerprint density at radius 3 is 2.50 bits per heavy atom. The van der Waals surface area contributed by atoms with Crippen molar-refractivity contribution in [3.05, 3.63) is 52.0 Å². The highest BCUT2D eigenvalue weighted by Crippen LogP contribution is 2.40. The lowest BCUT2D eigenvalue weighted by Crippen LogP contribution is -2.43. The van der Waals surface area contributed by atoms with Gasteiger partial charge in [0.25, 0.3) is 8.32 Å². The Morgan fingerprint density at radius 1 is 1.19 bits per heavy atom. The first-order chi connectivity index (χ1) is 12.0. The van der Waals surface area contributed by atoms with E-state index in [0.29, 0.717) is 10.8 Å². The molecule has 138 valence electrons. The van der Waals surface area contributed by atoms with Crippen LogP contribution in [0.15, 0.2) is 41.5 Å². The van der Waals surface area contributed by atoms with Gasteiger partial charge in [-0.1, -0.05) is 32.4 Å². The van der Waals surface area contributed by atoms with Gasteiger partial charge in [-0.15, -0.1) is 0 Å². The topological polar surface area (TPSA) is 49.0 Å². The van der Waals surface area contributed by atoms with Crippen molar-refractivity contribution in [1.29, 1.82) is 0 Å². The first-order valence-corrected chi connectivity index (χ1v) is 11.8. The van der Waals surface area contributed by atoms with Gasteiger partial charge in [-0.25, -0.2) is 4.68 Å². The molecule has 0 N–H and O–H groups in total. The number of pyridine rings is 1. The first kappa shape index (κ1) is 18.7. The van der Waals surface area contributed by atoms with Gasteiger partial charge in [-0.2, -0.15) is 5.10 Å². The number of aryl methyl sites for hydroxylation is 1. The van der Waals surface area contributed by atoms with Crippen LogP contribution in [0.3, 0.4) is 0 Å². The standard InChI is InChI=1S/C19H24ClN3O2Si/c1-19(2,3)26(5,6)25-17-9-13-11-21-23(16(13)10-15(17)20)14-7-8-18(24)22(4)12-14/h7-12H,1-6H3. The summed E-state index contributed by atoms with van der Waals surface area (Å²) in [4.78, 5) is 11.6. The summed E-state index contributed by atoms with van der Waals surface area (Å²) in [6, 6.07) is 7.10. The number of aromatic nitrogens is 3. The number of benzene rings is 1. The molecule has 3 rings (SSSR count). The zero-order valence-corrected chi connectivity index (χ0v) is 17.8. The van der Waals surface area contributed by atoms with Crippen molar-refractivity contribution >= 4 is 30.8 Å². The van der Waals surface area contributed by atoms with Crippen LogP contribution < -0.4 is 9.99 Å². The molecule has 0 saturated carbocycles. The summed E-state index contributed by atoms with van der Waals surface area (Å²) in [5.41, 5.74) is 1.61. The van der Waals surface area contributed by atoms with E-state index in [-0.39, 0.29) is 10.6 Å². The molecule has 0 aliphatic heterocycles. The first-order valence-electron chi connectivity index (χ1n) is 8.53. The fraction of sp³-hybridized carbons (Fsp3) is 0.368. The predicted molar refractivity (Wildman–Crippen MR) is 109 cm³/mol. The summed E-state index contributed by atoms with van der Waals surface area (Å²) in [6.45, 7) is 11.0. The van der Waals surface area contributed by atoms with Crippen molar-refractivity contribution in [2.75, 3.05) is 0 Å². The normalized spacial score (nSPS) is 12.6. The zero-order chi connectivity index (χ0) is 19.3. The van der Waals surface area contributed by atoms with E-state index in [9.17, 15) is 4.79 Å². The number of hydrogen-bond acceptors (Lipinski definition) is 3. The van der Waals surface area contributed by atoms with E-state index in [4.69, 9.17) is 16.0 Å². The minimum absolute atomic E-state index is 0.0618. The third-order valence-corrected chi connectivity index (χ3v) is 9.75. The van der Waals surface area contributed by atoms with Crippen LogP contribution in [-0.2, 0) is 7.05 Å². The van der Waals surface area contributed by atoms with E-state index in [2.05, 4.69) is 39.0 Å². The Hall–Kier alpha value is -2.05. The molecular formula is C19H24ClN3O2Si. The van der Waals surface area contributed by atoms with Gasteiger partial charge in [0.1, 0.15) is 5.75 Å². The highest BCUT2D eigenvalue weighted by Gasteiger charge is 2.39. The van der Waals surface area contributed by atoms with Crippen molar-refractivity contribution in [2.45, 2.75) is 38.9 Å². The molecule has 7 heteroatoms. The lowest BCUT2D eigenvalue weighted by molar-refractivity contribution is 0.493. The van der Waals surface area contributed by atoms with Gasteiger partial charge in [-0.3, -0.25) is 4.79 Å². The third kappa shape index (κ3) is 3.31. The third-order valence-electron chi connectivity index (χ3n) is 5.11. The van der Waals surface area contributed by atoms with E-state index in [1.165, 1.54) is 10.6 Å². The summed E-state index contributed by atoms with van der Waals surface area (Å²) in [5.74, 6) is 0.700. The minimum atomic E-state index is -1.99. The SMILES string of the molecule is Cn1cc(-n2ncc3cc(O[Si](C)(C)C(C)(C)C)c(Cl)cc32)ccc1=O. The summed E-state index contributed by atoms with van der Waals surface area (Å²) in [7, 11) is -0.267. The molecule has 0 bridgehead atoms. The van der Waals surface area contributed by atoms with E-state index in [1.807, 2.05) is 12.1 Å². The monoisotopic (exact) mass is 389 g/mol. The fourth-order valence-corrected chi connectivity index (χ4v) is 3.73. The number of halogens is 1. The van der Waals surface area contributed by atoms with Gasteiger partial charge in [-0.05, 0) is 36.3 Å². The molecule has 0 radical (unpaired) electrons. The van der Waals surface area contributed by atoms with E-state index in [0.717, 1.165) is 16.6 Å². The van der Waals surface area contributed by atoms with Crippen LogP contribution in [0.4, 0.5) is 0 Å². The van der Waals surface area contributed by atoms with Crippen LogP contribution in [0.5, 0.6) is 5.75 Å². The lowest BCUT2D eigenvalue weighted by atomic mass is 10.2. The molecule has 0 atom stereocenters. The number of fused-ring (bicyclic) bond motifs is 1. The summed E-state index contributed by atoms with van der Waals surface area (Å²) in [6.07, 6.45) is 3.54. The number of rotatable bonds is 3. The van der Waals surface area contributed by atoms with Crippen molar-refractivity contribution in [1.82, 2.24) is 14.3 Å². The second kappa shape index (κ2) is 6.28. The van der Waals surface area contributed by atoms with Crippen LogP contribution in [-0.4, -0.2) is 22.7 Å². The highest BCUT2D eigenvalue weighted by atomic mass is 35.5. The highest BCUT2D eigenvalue weighted by molar-refractivity contribution is 6.74. The quantitative estimate of drug-likeness (QED) is 0.606. The van der Waals surface area contributed by atoms with Gasteiger partial charge < -0.3 is 8.99 Å². The average Bonchev–Trinajstić information content (AvgIpc) is 2.91. The predicted octanol–water partition coefficient (Wildman–Crippen LogP) is 4.76. The van der Waals surface area contributed by atoms with E-state index in [1.54, 1.807) is 30.2 Å². The smallest absolute Gasteiger partial charge is 0.250 e. The maximum absolute atomic E-state index is 11.6. The van der Waals surface area contributed by atoms with E-state index >= 15 is 0 Å². The van der Waals surface area contributed by atoms with Crippen LogP contribution in [0.1, 0.15) is 20.8 Å². The lowest BCUT2D eigenvalue weighted by Gasteiger charge is -2.36. The fourth-order valence-electron chi connectivity index (χ4n) is 2.44. The molecule has 0 aliphatic carbocycles. The molecule has 0 unspecified atom stereocenters. The van der Waals surface area contributed by atoms with E-state index < -0.39 is 8.32 Å². The summed E-state index contributed by atoms with van der Waals surface area (Å²) >= 11 is 6.53. The Labute approximate surface area is 159 Å². The maximum atomic E-state index is 11.6. The Kier molecular flexibility index (Phi) is 4.53. The van der Waals surface area contributed by atoms with Crippen molar-refractivity contribution in [2.24, 2.45) is 7.05 Å². The molecular weight excluding hydrogens is 366 g/mol. The molecule has 1 aromatic carbocycles. The second-order valence-electron chi connectivity index (χ2n) is 8.10. The Bertz CT molecular complexity index is 1030. The summed E-state index contributed by atoms with van der Waals surface area (Å²) < 4.78 is 9.68. The van der Waals surface area contributed by atoms with Crippen molar-refractivity contribution < 1.29 is 4.43 Å². The van der Waals surface area contributed by atoms with Gasteiger partial charge >= 0.3 is 0 Å². The molecule has 0 saturated heterocycles. The molecule has 5 nitrogen and oxygen atoms in total. The van der Waals surface area contributed by atoms with Crippen LogP contribution in [0.25, 0.3) is 16.6 Å². The van der Waals surface area contributed by atoms with Crippen molar-refractivity contribution in [3.8, 4) is 11.4 Å². The number of nitrogens with zero attached hydrogens (tertiary/aromatic N) is 3. The second-order valence-corrected chi connectivity index (χ2v) is 13.2. The van der Waals surface area contributed by atoms with Crippen LogP contribution in [0, 0.1) is 0 Å². The Balaban J connectivity index is 2.06. The molecule has 0 amide bonds. The average molecular weight is 390 g/mol. The molecule has 2 heterocycles. The molecule has 26 heavy (non-hydrogen) atoms. The molecule has 0 fully saturated rings. The number of hydrogen-bond donors (Lipinski definition) is 0. The molecule has 0 aliphatic rings. The van der Waals surface area contributed by atoms with Crippen LogP contribution in [0.2, 0.25) is 23.2 Å². The zero-order valence-electron chi connectivity index (χ0n) is 16.0. The van der Waals surface area contributed by atoms with Gasteiger partial charge in [0.2, 0.25) is 5.56 Å². The Morgan fingerprint density at radius 2 is 1.88 bits per heavy atom. The molecule has 3 aromatic rings. The summed E-state index contributed by atoms with van der Waals surface area (Å²) in [5, 5.41) is 6.06. The van der Waals surface area contributed by atoms with Gasteiger partial charge in [0, 0.05) is 24.7 Å². The van der Waals surface area contributed by atoms with Gasteiger partial charge in [0.15, 0.2) is 0 Å². The maximum Gasteiger partial charge on any atom is 0.250 e. The van der Waals surface area contributed by atoms with Crippen molar-refractivity contribution in [3.63, 3.8) is 0 Å². The van der Waals surface area contributed by atoms with Gasteiger partial charge in [0.05, 0.1) is 22.4 Å². The largest absolute Gasteiger partial charge is 0.542 e.